The number of rotatable bonds is 3. The Bertz CT molecular complexity index is 802. The van der Waals surface area contributed by atoms with Crippen molar-refractivity contribution in [3.8, 4) is 0 Å². The summed E-state index contributed by atoms with van der Waals surface area (Å²) in [5.74, 6) is -0.288. The van der Waals surface area contributed by atoms with Crippen LogP contribution in [-0.4, -0.2) is 61.3 Å². The second-order valence-electron chi connectivity index (χ2n) is 6.58. The molecule has 2 aliphatic heterocycles. The van der Waals surface area contributed by atoms with E-state index in [9.17, 15) is 23.3 Å². The minimum Gasteiger partial charge on any atom is -0.369 e. The van der Waals surface area contributed by atoms with Crippen LogP contribution in [0.3, 0.4) is 0 Å². The number of amides is 1. The first-order chi connectivity index (χ1) is 11.8. The molecule has 0 bridgehead atoms. The standard InChI is InChI=1S/C16H21N3O5S/c1-12-11-18(8-9-25(12,23)24)13-4-5-15(19(21)22)14(10-13)16(20)17-6-2-3-7-17/h4-5,10,12H,2-3,6-9,11H2,1H3. The Balaban J connectivity index is 1.93. The Morgan fingerprint density at radius 1 is 1.24 bits per heavy atom. The van der Waals surface area contributed by atoms with Gasteiger partial charge in [-0.05, 0) is 31.9 Å². The average molecular weight is 367 g/mol. The monoisotopic (exact) mass is 367 g/mol. The molecule has 0 aromatic heterocycles. The highest BCUT2D eigenvalue weighted by Gasteiger charge is 2.32. The van der Waals surface area contributed by atoms with Gasteiger partial charge >= 0.3 is 0 Å². The summed E-state index contributed by atoms with van der Waals surface area (Å²) in [5, 5.41) is 10.8. The summed E-state index contributed by atoms with van der Waals surface area (Å²) in [4.78, 5) is 26.9. The van der Waals surface area contributed by atoms with Crippen molar-refractivity contribution in [2.24, 2.45) is 0 Å². The minimum absolute atomic E-state index is 0.0422. The van der Waals surface area contributed by atoms with Crippen molar-refractivity contribution in [2.75, 3.05) is 36.8 Å². The molecule has 0 spiro atoms. The first kappa shape index (κ1) is 17.7. The number of carbonyl (C=O) groups excluding carboxylic acids is 1. The molecule has 136 valence electrons. The summed E-state index contributed by atoms with van der Waals surface area (Å²) < 4.78 is 23.7. The average Bonchev–Trinajstić information content (AvgIpc) is 3.10. The molecule has 1 aromatic carbocycles. The zero-order valence-electron chi connectivity index (χ0n) is 14.1. The molecule has 2 heterocycles. The molecule has 2 saturated heterocycles. The highest BCUT2D eigenvalue weighted by atomic mass is 32.2. The highest BCUT2D eigenvalue weighted by molar-refractivity contribution is 7.92. The van der Waals surface area contributed by atoms with Gasteiger partial charge in [0.2, 0.25) is 0 Å². The first-order valence-corrected chi connectivity index (χ1v) is 10.1. The number of sulfone groups is 1. The maximum Gasteiger partial charge on any atom is 0.282 e. The number of nitrogens with zero attached hydrogens (tertiary/aromatic N) is 3. The van der Waals surface area contributed by atoms with Crippen molar-refractivity contribution >= 4 is 27.1 Å². The molecular weight excluding hydrogens is 346 g/mol. The van der Waals surface area contributed by atoms with E-state index in [4.69, 9.17) is 0 Å². The molecule has 9 heteroatoms. The summed E-state index contributed by atoms with van der Waals surface area (Å²) >= 11 is 0. The second-order valence-corrected chi connectivity index (χ2v) is 9.12. The number of hydrogen-bond donors (Lipinski definition) is 0. The maximum absolute atomic E-state index is 12.7. The number of nitro benzene ring substituents is 1. The summed E-state index contributed by atoms with van der Waals surface area (Å²) in [5.41, 5.74) is 0.513. The second kappa shape index (κ2) is 6.62. The van der Waals surface area contributed by atoms with Gasteiger partial charge in [-0.15, -0.1) is 0 Å². The summed E-state index contributed by atoms with van der Waals surface area (Å²) in [7, 11) is -3.09. The van der Waals surface area contributed by atoms with E-state index in [0.717, 1.165) is 12.8 Å². The third-order valence-electron chi connectivity index (χ3n) is 4.90. The lowest BCUT2D eigenvalue weighted by Crippen LogP contribution is -2.45. The van der Waals surface area contributed by atoms with Gasteiger partial charge in [-0.3, -0.25) is 14.9 Å². The van der Waals surface area contributed by atoms with Gasteiger partial charge in [-0.25, -0.2) is 8.42 Å². The fraction of sp³-hybridized carbons (Fsp3) is 0.562. The molecule has 1 unspecified atom stereocenters. The van der Waals surface area contributed by atoms with Crippen LogP contribution in [0.5, 0.6) is 0 Å². The van der Waals surface area contributed by atoms with Crippen LogP contribution in [0.15, 0.2) is 18.2 Å². The fourth-order valence-corrected chi connectivity index (χ4v) is 4.61. The van der Waals surface area contributed by atoms with Crippen molar-refractivity contribution in [1.82, 2.24) is 4.90 Å². The number of hydrogen-bond acceptors (Lipinski definition) is 6. The predicted molar refractivity (Wildman–Crippen MR) is 93.7 cm³/mol. The lowest BCUT2D eigenvalue weighted by atomic mass is 10.1. The quantitative estimate of drug-likeness (QED) is 0.592. The van der Waals surface area contributed by atoms with E-state index >= 15 is 0 Å². The number of benzene rings is 1. The molecule has 0 radical (unpaired) electrons. The normalized spacial score (nSPS) is 22.8. The molecule has 1 aromatic rings. The molecule has 1 amide bonds. The number of nitro groups is 1. The van der Waals surface area contributed by atoms with Crippen molar-refractivity contribution in [3.05, 3.63) is 33.9 Å². The van der Waals surface area contributed by atoms with Gasteiger partial charge in [-0.1, -0.05) is 0 Å². The van der Waals surface area contributed by atoms with E-state index in [2.05, 4.69) is 0 Å². The lowest BCUT2D eigenvalue weighted by Gasteiger charge is -2.32. The summed E-state index contributed by atoms with van der Waals surface area (Å²) in [6, 6.07) is 4.46. The number of anilines is 1. The molecule has 25 heavy (non-hydrogen) atoms. The van der Waals surface area contributed by atoms with Crippen LogP contribution < -0.4 is 4.90 Å². The largest absolute Gasteiger partial charge is 0.369 e. The third-order valence-corrected chi connectivity index (χ3v) is 7.03. The summed E-state index contributed by atoms with van der Waals surface area (Å²) in [6.45, 7) is 3.51. The van der Waals surface area contributed by atoms with E-state index in [0.29, 0.717) is 31.9 Å². The van der Waals surface area contributed by atoms with Crippen LogP contribution in [0.4, 0.5) is 11.4 Å². The number of carbonyl (C=O) groups is 1. The van der Waals surface area contributed by atoms with Gasteiger partial charge in [0, 0.05) is 37.9 Å². The van der Waals surface area contributed by atoms with Gasteiger partial charge < -0.3 is 9.80 Å². The van der Waals surface area contributed by atoms with E-state index in [1.54, 1.807) is 17.9 Å². The van der Waals surface area contributed by atoms with Gasteiger partial charge in [0.25, 0.3) is 11.6 Å². The Kier molecular flexibility index (Phi) is 4.68. The molecule has 3 rings (SSSR count). The lowest BCUT2D eigenvalue weighted by molar-refractivity contribution is -0.385. The molecule has 0 N–H and O–H groups in total. The van der Waals surface area contributed by atoms with Gasteiger partial charge in [0.05, 0.1) is 15.9 Å². The Labute approximate surface area is 146 Å². The van der Waals surface area contributed by atoms with Crippen molar-refractivity contribution in [2.45, 2.75) is 25.0 Å². The SMILES string of the molecule is CC1CN(c2ccc([N+](=O)[O-])c(C(=O)N3CCCC3)c2)CCS1(=O)=O. The third kappa shape index (κ3) is 3.46. The maximum atomic E-state index is 12.7. The van der Waals surface area contributed by atoms with Crippen molar-refractivity contribution < 1.29 is 18.1 Å². The molecular formula is C16H21N3O5S. The van der Waals surface area contributed by atoms with Gasteiger partial charge in [0.15, 0.2) is 9.84 Å². The summed E-state index contributed by atoms with van der Waals surface area (Å²) in [6.07, 6.45) is 1.81. The molecule has 1 atom stereocenters. The van der Waals surface area contributed by atoms with Crippen LogP contribution in [0, 0.1) is 10.1 Å². The Hall–Kier alpha value is -2.16. The van der Waals surface area contributed by atoms with E-state index in [-0.39, 0.29) is 22.9 Å². The van der Waals surface area contributed by atoms with Crippen LogP contribution in [0.25, 0.3) is 0 Å². The minimum atomic E-state index is -3.09. The van der Waals surface area contributed by atoms with Crippen LogP contribution in [-0.2, 0) is 9.84 Å². The first-order valence-electron chi connectivity index (χ1n) is 8.34. The highest BCUT2D eigenvalue weighted by Crippen LogP contribution is 2.29. The Morgan fingerprint density at radius 2 is 1.92 bits per heavy atom. The molecule has 2 aliphatic rings. The van der Waals surface area contributed by atoms with Crippen molar-refractivity contribution in [3.63, 3.8) is 0 Å². The molecule has 0 saturated carbocycles. The van der Waals surface area contributed by atoms with Crippen LogP contribution in [0.2, 0.25) is 0 Å². The zero-order valence-corrected chi connectivity index (χ0v) is 14.9. The van der Waals surface area contributed by atoms with Crippen LogP contribution in [0.1, 0.15) is 30.1 Å². The van der Waals surface area contributed by atoms with E-state index < -0.39 is 20.0 Å². The molecule has 8 nitrogen and oxygen atoms in total. The van der Waals surface area contributed by atoms with Crippen LogP contribution >= 0.6 is 0 Å². The van der Waals surface area contributed by atoms with Crippen molar-refractivity contribution in [1.29, 1.82) is 0 Å². The van der Waals surface area contributed by atoms with Gasteiger partial charge in [-0.2, -0.15) is 0 Å². The van der Waals surface area contributed by atoms with E-state index in [1.807, 2.05) is 4.90 Å². The topological polar surface area (TPSA) is 101 Å². The predicted octanol–water partition coefficient (Wildman–Crippen LogP) is 1.45. The number of likely N-dealkylation sites (tertiary alicyclic amines) is 1. The molecule has 0 aliphatic carbocycles. The van der Waals surface area contributed by atoms with Gasteiger partial charge in [0.1, 0.15) is 5.56 Å². The fourth-order valence-electron chi connectivity index (χ4n) is 3.33. The molecule has 2 fully saturated rings. The Morgan fingerprint density at radius 3 is 2.52 bits per heavy atom. The van der Waals surface area contributed by atoms with E-state index in [1.165, 1.54) is 12.1 Å². The zero-order chi connectivity index (χ0) is 18.2. The smallest absolute Gasteiger partial charge is 0.282 e.